The monoisotopic (exact) mass is 405 g/mol. The van der Waals surface area contributed by atoms with Crippen molar-refractivity contribution in [3.8, 4) is 12.3 Å². The van der Waals surface area contributed by atoms with Gasteiger partial charge in [-0.2, -0.15) is 15.5 Å². The second-order valence-electron chi connectivity index (χ2n) is 7.79. The van der Waals surface area contributed by atoms with Gasteiger partial charge in [0.25, 0.3) is 0 Å². The Hall–Kier alpha value is -4.73. The molecule has 0 saturated carbocycles. The van der Waals surface area contributed by atoms with Crippen LogP contribution < -0.4 is 0 Å². The Kier molecular flexibility index (Phi) is 3.90. The Balaban J connectivity index is 1.82. The van der Waals surface area contributed by atoms with Crippen LogP contribution in [0, 0.1) is 22.8 Å². The molecule has 0 atom stereocenters. The third-order valence-corrected chi connectivity index (χ3v) is 6.21. The molecule has 146 valence electrons. The van der Waals surface area contributed by atoms with Crippen molar-refractivity contribution in [2.75, 3.05) is 0 Å². The Labute approximate surface area is 185 Å². The summed E-state index contributed by atoms with van der Waals surface area (Å²) in [5.41, 5.74) is 9.66. The lowest BCUT2D eigenvalue weighted by atomic mass is 9.91. The molecule has 0 aliphatic heterocycles. The number of hydrogen-bond acceptors (Lipinski definition) is 3. The van der Waals surface area contributed by atoms with Crippen molar-refractivity contribution >= 4 is 38.8 Å². The Bertz CT molecular complexity index is 1530. The predicted octanol–water partition coefficient (Wildman–Crippen LogP) is 6.48. The minimum atomic E-state index is 0.667. The Morgan fingerprint density at radius 3 is 1.72 bits per heavy atom. The summed E-state index contributed by atoms with van der Waals surface area (Å²) < 4.78 is 0. The molecular formula is C29H15N3. The van der Waals surface area contributed by atoms with Crippen molar-refractivity contribution in [1.82, 2.24) is 0 Å². The third-order valence-electron chi connectivity index (χ3n) is 6.21. The van der Waals surface area contributed by atoms with Gasteiger partial charge < -0.3 is 0 Å². The largest absolute Gasteiger partial charge is 0.206 e. The maximum atomic E-state index is 9.68. The van der Waals surface area contributed by atoms with Crippen LogP contribution in [-0.4, -0.2) is 5.71 Å². The lowest BCUT2D eigenvalue weighted by Gasteiger charge is -2.12. The minimum absolute atomic E-state index is 0.667. The first-order valence-corrected chi connectivity index (χ1v) is 10.4. The average Bonchev–Trinajstić information content (AvgIpc) is 3.35. The zero-order chi connectivity index (χ0) is 21.7. The van der Waals surface area contributed by atoms with Gasteiger partial charge in [-0.15, -0.1) is 0 Å². The van der Waals surface area contributed by atoms with Crippen LogP contribution in [0.2, 0.25) is 0 Å². The maximum absolute atomic E-state index is 9.68. The Morgan fingerprint density at radius 1 is 0.562 bits per heavy atom. The van der Waals surface area contributed by atoms with Crippen LogP contribution in [0.25, 0.3) is 33.1 Å². The van der Waals surface area contributed by atoms with Crippen molar-refractivity contribution in [2.24, 2.45) is 4.99 Å². The molecule has 0 bridgehead atoms. The van der Waals surface area contributed by atoms with E-state index in [2.05, 4.69) is 41.4 Å². The summed E-state index contributed by atoms with van der Waals surface area (Å²) in [6.07, 6.45) is 2.04. The molecule has 0 amide bonds. The van der Waals surface area contributed by atoms with Gasteiger partial charge in [0.1, 0.15) is 0 Å². The fourth-order valence-electron chi connectivity index (χ4n) is 5.00. The van der Waals surface area contributed by atoms with Gasteiger partial charge in [-0.3, -0.25) is 0 Å². The number of aliphatic imine (C=N–C) groups is 1. The van der Waals surface area contributed by atoms with Crippen LogP contribution in [0.4, 0.5) is 0 Å². The van der Waals surface area contributed by atoms with Crippen molar-refractivity contribution in [1.29, 1.82) is 10.5 Å². The first kappa shape index (κ1) is 18.1. The van der Waals surface area contributed by atoms with E-state index in [0.29, 0.717) is 11.3 Å². The number of nitrogens with zero attached hydrogens (tertiary/aromatic N) is 3. The highest BCUT2D eigenvalue weighted by molar-refractivity contribution is 6.63. The van der Waals surface area contributed by atoms with E-state index in [1.54, 1.807) is 0 Å². The van der Waals surface area contributed by atoms with Crippen molar-refractivity contribution < 1.29 is 0 Å². The smallest absolute Gasteiger partial charge is 0.192 e. The Morgan fingerprint density at radius 2 is 1.16 bits per heavy atom. The summed E-state index contributed by atoms with van der Waals surface area (Å²) in [7, 11) is 0. The number of nitriles is 2. The van der Waals surface area contributed by atoms with E-state index in [0.717, 1.165) is 55.3 Å². The average molecular weight is 405 g/mol. The van der Waals surface area contributed by atoms with E-state index < -0.39 is 0 Å². The number of rotatable bonds is 2. The summed E-state index contributed by atoms with van der Waals surface area (Å²) in [6, 6.07) is 32.6. The van der Waals surface area contributed by atoms with Gasteiger partial charge in [-0.1, -0.05) is 84.9 Å². The van der Waals surface area contributed by atoms with Gasteiger partial charge in [0.15, 0.2) is 0 Å². The second kappa shape index (κ2) is 6.91. The molecule has 32 heavy (non-hydrogen) atoms. The topological polar surface area (TPSA) is 59.9 Å². The normalized spacial score (nSPS) is 15.2. The molecule has 4 aromatic carbocycles. The second-order valence-corrected chi connectivity index (χ2v) is 7.79. The van der Waals surface area contributed by atoms with Crippen LogP contribution in [0.3, 0.4) is 0 Å². The zero-order valence-corrected chi connectivity index (χ0v) is 17.0. The molecule has 0 heterocycles. The van der Waals surface area contributed by atoms with Crippen LogP contribution in [0.15, 0.2) is 96.0 Å². The first-order chi connectivity index (χ1) is 15.8. The molecule has 0 radical (unpaired) electrons. The quantitative estimate of drug-likeness (QED) is 0.358. The number of allylic oxidation sites excluding steroid dienone is 4. The van der Waals surface area contributed by atoms with Gasteiger partial charge in [0, 0.05) is 27.7 Å². The first-order valence-electron chi connectivity index (χ1n) is 10.4. The molecule has 0 spiro atoms. The van der Waals surface area contributed by atoms with Gasteiger partial charge in [-0.05, 0) is 33.7 Å². The van der Waals surface area contributed by atoms with E-state index >= 15 is 0 Å². The van der Waals surface area contributed by atoms with E-state index in [4.69, 9.17) is 0 Å². The van der Waals surface area contributed by atoms with Gasteiger partial charge in [0.2, 0.25) is 6.19 Å². The molecule has 3 nitrogen and oxygen atoms in total. The molecular weight excluding hydrogens is 390 g/mol. The molecule has 0 N–H and O–H groups in total. The standard InChI is InChI=1S/C29H15N3/c30-16-20-14-15-23-26-21(20)12-7-13-22(26)27-24(18-8-3-1-4-9-18)29(32-17-31)25(28(23)27)19-10-5-2-6-11-19/h1-15H. The summed E-state index contributed by atoms with van der Waals surface area (Å²) in [4.78, 5) is 4.35. The molecule has 0 unspecified atom stereocenters. The third kappa shape index (κ3) is 2.37. The lowest BCUT2D eigenvalue weighted by molar-refractivity contribution is 1.44. The van der Waals surface area contributed by atoms with Crippen molar-refractivity contribution in [2.45, 2.75) is 0 Å². The summed E-state index contributed by atoms with van der Waals surface area (Å²) in [5.74, 6) is 0. The molecule has 4 aromatic rings. The van der Waals surface area contributed by atoms with E-state index in [-0.39, 0.29) is 0 Å². The minimum Gasteiger partial charge on any atom is -0.192 e. The van der Waals surface area contributed by atoms with Gasteiger partial charge in [-0.25, -0.2) is 0 Å². The molecule has 0 aromatic heterocycles. The highest BCUT2D eigenvalue weighted by atomic mass is 14.8. The lowest BCUT2D eigenvalue weighted by Crippen LogP contribution is -2.03. The maximum Gasteiger partial charge on any atom is 0.206 e. The van der Waals surface area contributed by atoms with Gasteiger partial charge in [0.05, 0.1) is 17.3 Å². The van der Waals surface area contributed by atoms with Crippen molar-refractivity contribution in [3.63, 3.8) is 0 Å². The molecule has 0 fully saturated rings. The van der Waals surface area contributed by atoms with Crippen LogP contribution >= 0.6 is 0 Å². The summed E-state index contributed by atoms with van der Waals surface area (Å²) in [6.45, 7) is 0. The highest BCUT2D eigenvalue weighted by Crippen LogP contribution is 2.57. The fourth-order valence-corrected chi connectivity index (χ4v) is 5.00. The number of benzene rings is 4. The fraction of sp³-hybridized carbons (Fsp3) is 0. The SMILES string of the molecule is N#CN=C1C(c2ccccc2)=C2C(=C1c1ccccc1)c1ccc(C#N)c3cccc2c13. The van der Waals surface area contributed by atoms with E-state index in [1.807, 2.05) is 66.9 Å². The number of hydrogen-bond donors (Lipinski definition) is 0. The highest BCUT2D eigenvalue weighted by Gasteiger charge is 2.39. The molecule has 2 aliphatic carbocycles. The van der Waals surface area contributed by atoms with Gasteiger partial charge >= 0.3 is 0 Å². The zero-order valence-electron chi connectivity index (χ0n) is 17.0. The van der Waals surface area contributed by atoms with Crippen LogP contribution in [0.5, 0.6) is 0 Å². The molecule has 0 saturated heterocycles. The predicted molar refractivity (Wildman–Crippen MR) is 128 cm³/mol. The molecule has 3 heteroatoms. The van der Waals surface area contributed by atoms with Crippen molar-refractivity contribution in [3.05, 3.63) is 119 Å². The van der Waals surface area contributed by atoms with Crippen LogP contribution in [0.1, 0.15) is 27.8 Å². The summed E-state index contributed by atoms with van der Waals surface area (Å²) in [5, 5.41) is 21.3. The van der Waals surface area contributed by atoms with E-state index in [1.165, 1.54) is 0 Å². The van der Waals surface area contributed by atoms with E-state index in [9.17, 15) is 10.5 Å². The summed E-state index contributed by atoms with van der Waals surface area (Å²) >= 11 is 0. The van der Waals surface area contributed by atoms with Crippen LogP contribution in [-0.2, 0) is 0 Å². The molecule has 2 aliphatic rings. The molecule has 6 rings (SSSR count). The number of fused-ring (bicyclic) bond motifs is 3.